The molecule has 33 heavy (non-hydrogen) atoms. The Morgan fingerprint density at radius 2 is 1.82 bits per heavy atom. The van der Waals surface area contributed by atoms with Gasteiger partial charge in [0.05, 0.1) is 22.8 Å². The molecule has 1 saturated heterocycles. The molecule has 2 heterocycles. The minimum absolute atomic E-state index is 0.161. The van der Waals surface area contributed by atoms with Gasteiger partial charge in [-0.05, 0) is 55.3 Å². The van der Waals surface area contributed by atoms with Crippen LogP contribution in [0.5, 0.6) is 0 Å². The second-order valence-electron chi connectivity index (χ2n) is 7.71. The lowest BCUT2D eigenvalue weighted by Gasteiger charge is -2.24. The van der Waals surface area contributed by atoms with Crippen LogP contribution in [0.25, 0.3) is 0 Å². The van der Waals surface area contributed by atoms with Crippen molar-refractivity contribution in [2.75, 3.05) is 11.9 Å². The third-order valence-corrected chi connectivity index (χ3v) is 5.79. The number of likely N-dealkylation sites (tertiary alicyclic amines) is 1. The molecular weight excluding hydrogens is 440 g/mol. The zero-order chi connectivity index (χ0) is 23.2. The van der Waals surface area contributed by atoms with Crippen molar-refractivity contribution >= 4 is 35.0 Å². The Labute approximate surface area is 196 Å². The number of nitrogens with zero attached hydrogens (tertiary/aromatic N) is 2. The van der Waals surface area contributed by atoms with Gasteiger partial charge < -0.3 is 15.5 Å². The highest BCUT2D eigenvalue weighted by atomic mass is 35.5. The van der Waals surface area contributed by atoms with Crippen LogP contribution in [0.1, 0.15) is 39.3 Å². The smallest absolute Gasteiger partial charge is 0.254 e. The van der Waals surface area contributed by atoms with Crippen molar-refractivity contribution in [2.45, 2.75) is 25.4 Å². The number of anilines is 1. The molecule has 1 aliphatic rings. The summed E-state index contributed by atoms with van der Waals surface area (Å²) in [6.07, 6.45) is 3.00. The van der Waals surface area contributed by atoms with Crippen molar-refractivity contribution < 1.29 is 14.4 Å². The predicted octanol–water partition coefficient (Wildman–Crippen LogP) is 3.91. The molecule has 3 amide bonds. The average Bonchev–Trinajstić information content (AvgIpc) is 3.33. The number of hydrogen-bond acceptors (Lipinski definition) is 4. The van der Waals surface area contributed by atoms with Crippen LogP contribution in [0.3, 0.4) is 0 Å². The fourth-order valence-electron chi connectivity index (χ4n) is 3.80. The van der Waals surface area contributed by atoms with E-state index in [1.54, 1.807) is 53.6 Å². The zero-order valence-corrected chi connectivity index (χ0v) is 18.6. The highest BCUT2D eigenvalue weighted by Gasteiger charge is 2.34. The van der Waals surface area contributed by atoms with Crippen molar-refractivity contribution in [3.05, 3.63) is 94.8 Å². The first-order valence-corrected chi connectivity index (χ1v) is 11.1. The van der Waals surface area contributed by atoms with Gasteiger partial charge in [-0.25, -0.2) is 0 Å². The van der Waals surface area contributed by atoms with E-state index in [-0.39, 0.29) is 29.3 Å². The van der Waals surface area contributed by atoms with Gasteiger partial charge in [-0.1, -0.05) is 35.9 Å². The molecule has 1 aromatic heterocycles. The van der Waals surface area contributed by atoms with Gasteiger partial charge in [-0.15, -0.1) is 0 Å². The largest absolute Gasteiger partial charge is 0.346 e. The highest BCUT2D eigenvalue weighted by Crippen LogP contribution is 2.24. The first kappa shape index (κ1) is 22.5. The molecular formula is C25H23ClN4O3. The lowest BCUT2D eigenvalue weighted by atomic mass is 10.1. The van der Waals surface area contributed by atoms with Gasteiger partial charge in [0.1, 0.15) is 6.04 Å². The van der Waals surface area contributed by atoms with Gasteiger partial charge in [0.2, 0.25) is 5.91 Å². The molecule has 1 aliphatic heterocycles. The summed E-state index contributed by atoms with van der Waals surface area (Å²) in [6.45, 7) is 0.809. The number of nitrogens with one attached hydrogen (secondary N) is 2. The van der Waals surface area contributed by atoms with E-state index in [0.29, 0.717) is 29.8 Å². The Balaban J connectivity index is 1.39. The van der Waals surface area contributed by atoms with Crippen LogP contribution in [-0.4, -0.2) is 40.2 Å². The van der Waals surface area contributed by atoms with Gasteiger partial charge in [0, 0.05) is 24.0 Å². The number of aromatic nitrogens is 1. The van der Waals surface area contributed by atoms with Gasteiger partial charge in [0.25, 0.3) is 11.8 Å². The van der Waals surface area contributed by atoms with Crippen LogP contribution in [0.2, 0.25) is 5.02 Å². The number of carbonyl (C=O) groups excluding carboxylic acids is 3. The fraction of sp³-hybridized carbons (Fsp3) is 0.200. The quantitative estimate of drug-likeness (QED) is 0.581. The Morgan fingerprint density at radius 3 is 2.55 bits per heavy atom. The number of carbonyl (C=O) groups is 3. The molecule has 1 fully saturated rings. The summed E-state index contributed by atoms with van der Waals surface area (Å²) in [4.78, 5) is 44.0. The number of rotatable bonds is 6. The summed E-state index contributed by atoms with van der Waals surface area (Å²) in [5, 5.41) is 5.82. The molecule has 0 saturated carbocycles. The van der Waals surface area contributed by atoms with Gasteiger partial charge in [0.15, 0.2) is 0 Å². The van der Waals surface area contributed by atoms with Crippen LogP contribution < -0.4 is 10.6 Å². The van der Waals surface area contributed by atoms with Crippen molar-refractivity contribution in [2.24, 2.45) is 0 Å². The van der Waals surface area contributed by atoms with Gasteiger partial charge in [-0.3, -0.25) is 19.4 Å². The van der Waals surface area contributed by atoms with Crippen LogP contribution in [0, 0.1) is 0 Å². The van der Waals surface area contributed by atoms with E-state index in [4.69, 9.17) is 11.6 Å². The van der Waals surface area contributed by atoms with Crippen molar-refractivity contribution in [3.8, 4) is 0 Å². The summed E-state index contributed by atoms with van der Waals surface area (Å²) in [5.74, 6) is -0.773. The van der Waals surface area contributed by atoms with Crippen LogP contribution >= 0.6 is 11.6 Å². The standard InChI is InChI=1S/C25H23ClN4O3/c26-21-15-18(11-12-20(21)23(31)28-16-19-9-4-5-13-27-19)29-24(32)22-10-6-14-30(22)25(33)17-7-2-1-3-8-17/h1-5,7-9,11-13,15,22H,6,10,14,16H2,(H,28,31)(H,29,32). The van der Waals surface area contributed by atoms with Crippen molar-refractivity contribution in [3.63, 3.8) is 0 Å². The summed E-state index contributed by atoms with van der Waals surface area (Å²) >= 11 is 6.32. The number of amides is 3. The van der Waals surface area contributed by atoms with E-state index in [0.717, 1.165) is 12.1 Å². The lowest BCUT2D eigenvalue weighted by Crippen LogP contribution is -2.43. The predicted molar refractivity (Wildman–Crippen MR) is 126 cm³/mol. The molecule has 0 radical (unpaired) electrons. The summed E-state index contributed by atoms with van der Waals surface area (Å²) in [7, 11) is 0. The molecule has 3 aromatic rings. The normalized spacial score (nSPS) is 15.2. The SMILES string of the molecule is O=C(NCc1ccccn1)c1ccc(NC(=O)C2CCCN2C(=O)c2ccccc2)cc1Cl. The monoisotopic (exact) mass is 462 g/mol. The average molecular weight is 463 g/mol. The molecule has 168 valence electrons. The van der Waals surface area contributed by atoms with Crippen molar-refractivity contribution in [1.29, 1.82) is 0 Å². The molecule has 0 bridgehead atoms. The first-order chi connectivity index (χ1) is 16.0. The number of benzene rings is 2. The minimum Gasteiger partial charge on any atom is -0.346 e. The first-order valence-electron chi connectivity index (χ1n) is 10.7. The molecule has 2 aromatic carbocycles. The summed E-state index contributed by atoms with van der Waals surface area (Å²) < 4.78 is 0. The Morgan fingerprint density at radius 1 is 1.03 bits per heavy atom. The Kier molecular flexibility index (Phi) is 7.00. The molecule has 0 spiro atoms. The van der Waals surface area contributed by atoms with Crippen LogP contribution in [0.15, 0.2) is 72.9 Å². The third-order valence-electron chi connectivity index (χ3n) is 5.47. The van der Waals surface area contributed by atoms with E-state index < -0.39 is 6.04 Å². The topological polar surface area (TPSA) is 91.4 Å². The van der Waals surface area contributed by atoms with Gasteiger partial charge >= 0.3 is 0 Å². The fourth-order valence-corrected chi connectivity index (χ4v) is 4.07. The Hall–Kier alpha value is -3.71. The third kappa shape index (κ3) is 5.38. The number of halogens is 1. The van der Waals surface area contributed by atoms with Crippen molar-refractivity contribution in [1.82, 2.24) is 15.2 Å². The molecule has 4 rings (SSSR count). The van der Waals surface area contributed by atoms with Crippen LogP contribution in [0.4, 0.5) is 5.69 Å². The number of pyridine rings is 1. The number of hydrogen-bond donors (Lipinski definition) is 2. The van der Waals surface area contributed by atoms with E-state index >= 15 is 0 Å². The van der Waals surface area contributed by atoms with E-state index in [2.05, 4.69) is 15.6 Å². The maximum absolute atomic E-state index is 12.9. The second-order valence-corrected chi connectivity index (χ2v) is 8.12. The Bertz CT molecular complexity index is 1150. The molecule has 8 heteroatoms. The van der Waals surface area contributed by atoms with Gasteiger partial charge in [-0.2, -0.15) is 0 Å². The highest BCUT2D eigenvalue weighted by molar-refractivity contribution is 6.34. The van der Waals surface area contributed by atoms with E-state index in [9.17, 15) is 14.4 Å². The lowest BCUT2D eigenvalue weighted by molar-refractivity contribution is -0.119. The maximum atomic E-state index is 12.9. The van der Waals surface area contributed by atoms with E-state index in [1.165, 1.54) is 6.07 Å². The minimum atomic E-state index is -0.558. The molecule has 0 aliphatic carbocycles. The summed E-state index contributed by atoms with van der Waals surface area (Å²) in [5.41, 5.74) is 2.05. The zero-order valence-electron chi connectivity index (χ0n) is 17.8. The van der Waals surface area contributed by atoms with Crippen LogP contribution in [-0.2, 0) is 11.3 Å². The molecule has 1 atom stereocenters. The van der Waals surface area contributed by atoms with E-state index in [1.807, 2.05) is 18.2 Å². The second kappa shape index (κ2) is 10.3. The maximum Gasteiger partial charge on any atom is 0.254 e. The molecule has 7 nitrogen and oxygen atoms in total. The molecule has 1 unspecified atom stereocenters. The summed E-state index contributed by atoms with van der Waals surface area (Å²) in [6, 6.07) is 18.6. The molecule has 2 N–H and O–H groups in total.